The molecule has 0 radical (unpaired) electrons. The van der Waals surface area contributed by atoms with Crippen molar-refractivity contribution in [2.24, 2.45) is 0 Å². The summed E-state index contributed by atoms with van der Waals surface area (Å²) in [6, 6.07) is 16.8. The monoisotopic (exact) mass is 323 g/mol. The molecule has 0 aliphatic heterocycles. The van der Waals surface area contributed by atoms with Crippen molar-refractivity contribution in [3.8, 4) is 5.75 Å². The molecular weight excluding hydrogens is 310 g/mol. The van der Waals surface area contributed by atoms with Crippen LogP contribution in [0, 0.1) is 0 Å². The van der Waals surface area contributed by atoms with Gasteiger partial charge in [-0.25, -0.2) is 4.98 Å². The molecule has 1 atom stereocenters. The smallest absolute Gasteiger partial charge is 0.283 e. The Morgan fingerprint density at radius 1 is 1.09 bits per heavy atom. The van der Waals surface area contributed by atoms with Gasteiger partial charge >= 0.3 is 0 Å². The van der Waals surface area contributed by atoms with Crippen molar-refractivity contribution >= 4 is 27.2 Å². The molecule has 2 aromatic carbocycles. The molecule has 0 saturated carbocycles. The van der Waals surface area contributed by atoms with Crippen LogP contribution in [0.25, 0.3) is 15.9 Å². The second kappa shape index (κ2) is 5.48. The van der Waals surface area contributed by atoms with E-state index in [4.69, 9.17) is 4.74 Å². The fourth-order valence-electron chi connectivity index (χ4n) is 2.39. The second-order valence-corrected chi connectivity index (χ2v) is 6.13. The second-order valence-electron chi connectivity index (χ2n) is 5.14. The number of para-hydroxylation sites is 2. The lowest BCUT2D eigenvalue weighted by Crippen LogP contribution is -2.15. The average molecular weight is 323 g/mol. The summed E-state index contributed by atoms with van der Waals surface area (Å²) >= 11 is 1.37. The third-order valence-electron chi connectivity index (χ3n) is 3.52. The van der Waals surface area contributed by atoms with Crippen LogP contribution in [0.4, 0.5) is 0 Å². The van der Waals surface area contributed by atoms with Gasteiger partial charge in [-0.3, -0.25) is 4.79 Å². The predicted octanol–water partition coefficient (Wildman–Crippen LogP) is 3.44. The van der Waals surface area contributed by atoms with Gasteiger partial charge in [-0.1, -0.05) is 41.7 Å². The highest BCUT2D eigenvalue weighted by molar-refractivity contribution is 7.16. The molecule has 2 heterocycles. The molecule has 2 aromatic heterocycles. The Balaban J connectivity index is 1.78. The quantitative estimate of drug-likeness (QED) is 0.579. The minimum atomic E-state index is -0.258. The van der Waals surface area contributed by atoms with Gasteiger partial charge < -0.3 is 4.74 Å². The summed E-state index contributed by atoms with van der Waals surface area (Å²) in [5.41, 5.74) is 0.532. The molecule has 0 N–H and O–H groups in total. The van der Waals surface area contributed by atoms with Crippen LogP contribution in [0.5, 0.6) is 5.75 Å². The van der Waals surface area contributed by atoms with E-state index in [1.165, 1.54) is 15.9 Å². The number of fused-ring (bicyclic) bond motifs is 2. The highest BCUT2D eigenvalue weighted by Gasteiger charge is 2.16. The molecule has 23 heavy (non-hydrogen) atoms. The average Bonchev–Trinajstić information content (AvgIpc) is 3.00. The van der Waals surface area contributed by atoms with E-state index in [0.29, 0.717) is 20.9 Å². The first-order valence-electron chi connectivity index (χ1n) is 7.22. The van der Waals surface area contributed by atoms with E-state index in [9.17, 15) is 4.79 Å². The third kappa shape index (κ3) is 2.47. The van der Waals surface area contributed by atoms with E-state index >= 15 is 0 Å². The Hall–Kier alpha value is -2.73. The van der Waals surface area contributed by atoms with Gasteiger partial charge in [0.15, 0.2) is 5.01 Å². The lowest BCUT2D eigenvalue weighted by atomic mass is 10.2. The van der Waals surface area contributed by atoms with Crippen LogP contribution >= 0.6 is 11.3 Å². The third-order valence-corrected chi connectivity index (χ3v) is 4.59. The van der Waals surface area contributed by atoms with Crippen LogP contribution in [0.15, 0.2) is 59.4 Å². The Morgan fingerprint density at radius 3 is 2.65 bits per heavy atom. The summed E-state index contributed by atoms with van der Waals surface area (Å²) in [6.07, 6.45) is -0.258. The normalized spacial score (nSPS) is 12.6. The van der Waals surface area contributed by atoms with Crippen LogP contribution in [-0.2, 0) is 0 Å². The first-order chi connectivity index (χ1) is 11.2. The van der Waals surface area contributed by atoms with E-state index in [-0.39, 0.29) is 11.7 Å². The number of hydrogen-bond acceptors (Lipinski definition) is 5. The fourth-order valence-corrected chi connectivity index (χ4v) is 3.27. The summed E-state index contributed by atoms with van der Waals surface area (Å²) in [6.45, 7) is 1.91. The predicted molar refractivity (Wildman–Crippen MR) is 90.1 cm³/mol. The summed E-state index contributed by atoms with van der Waals surface area (Å²) in [4.78, 5) is 17.6. The fraction of sp³-hybridized carbons (Fsp3) is 0.118. The number of nitrogens with zero attached hydrogens (tertiary/aromatic N) is 3. The Labute approximate surface area is 135 Å². The van der Waals surface area contributed by atoms with Gasteiger partial charge in [0, 0.05) is 0 Å². The minimum Gasteiger partial charge on any atom is -0.483 e. The molecule has 0 aliphatic rings. The molecule has 4 rings (SSSR count). The van der Waals surface area contributed by atoms with Crippen LogP contribution in [0.1, 0.15) is 18.0 Å². The maximum absolute atomic E-state index is 12.5. The molecule has 0 spiro atoms. The topological polar surface area (TPSA) is 56.5 Å². The molecule has 0 unspecified atom stereocenters. The van der Waals surface area contributed by atoms with Crippen molar-refractivity contribution in [1.82, 2.24) is 14.6 Å². The summed E-state index contributed by atoms with van der Waals surface area (Å²) in [5.74, 6) is 0.768. The number of ether oxygens (including phenoxy) is 1. The SMILES string of the molecule is C[C@@H](Oc1ccccc1)c1nn2c(=O)c3ccccc3nc2s1. The van der Waals surface area contributed by atoms with E-state index < -0.39 is 0 Å². The van der Waals surface area contributed by atoms with Gasteiger partial charge in [0.05, 0.1) is 10.9 Å². The zero-order valence-corrected chi connectivity index (χ0v) is 13.2. The Morgan fingerprint density at radius 2 is 1.83 bits per heavy atom. The van der Waals surface area contributed by atoms with E-state index in [2.05, 4.69) is 10.1 Å². The first-order valence-corrected chi connectivity index (χ1v) is 8.04. The minimum absolute atomic E-state index is 0.153. The van der Waals surface area contributed by atoms with Gasteiger partial charge in [0.25, 0.3) is 5.56 Å². The largest absolute Gasteiger partial charge is 0.483 e. The molecule has 114 valence electrons. The van der Waals surface area contributed by atoms with Gasteiger partial charge in [-0.05, 0) is 31.2 Å². The maximum atomic E-state index is 12.5. The Kier molecular flexibility index (Phi) is 3.31. The number of hydrogen-bond donors (Lipinski definition) is 0. The van der Waals surface area contributed by atoms with Crippen molar-refractivity contribution in [1.29, 1.82) is 0 Å². The summed E-state index contributed by atoms with van der Waals surface area (Å²) in [7, 11) is 0. The number of aromatic nitrogens is 3. The van der Waals surface area contributed by atoms with Crippen molar-refractivity contribution in [2.75, 3.05) is 0 Å². The molecule has 0 saturated heterocycles. The molecule has 6 heteroatoms. The molecule has 0 amide bonds. The number of rotatable bonds is 3. The molecule has 0 bridgehead atoms. The molecule has 0 fully saturated rings. The summed E-state index contributed by atoms with van der Waals surface area (Å²) in [5, 5.41) is 5.68. The molecule has 0 aliphatic carbocycles. The molecule has 4 aromatic rings. The highest BCUT2D eigenvalue weighted by Crippen LogP contribution is 2.25. The lowest BCUT2D eigenvalue weighted by Gasteiger charge is -2.10. The Bertz CT molecular complexity index is 1040. The van der Waals surface area contributed by atoms with E-state index in [0.717, 1.165) is 5.75 Å². The summed E-state index contributed by atoms with van der Waals surface area (Å²) < 4.78 is 7.23. The maximum Gasteiger partial charge on any atom is 0.283 e. The first kappa shape index (κ1) is 13.9. The number of benzene rings is 2. The van der Waals surface area contributed by atoms with E-state index in [1.807, 2.05) is 55.5 Å². The zero-order chi connectivity index (χ0) is 15.8. The zero-order valence-electron chi connectivity index (χ0n) is 12.3. The van der Waals surface area contributed by atoms with Gasteiger partial charge in [0.1, 0.15) is 11.9 Å². The van der Waals surface area contributed by atoms with Crippen molar-refractivity contribution in [3.05, 3.63) is 70.0 Å². The standard InChI is InChI=1S/C17H13N3O2S/c1-11(22-12-7-3-2-4-8-12)15-19-20-16(21)13-9-5-6-10-14(13)18-17(20)23-15/h2-11H,1H3/t11-/m1/s1. The van der Waals surface area contributed by atoms with Crippen molar-refractivity contribution in [2.45, 2.75) is 13.0 Å². The van der Waals surface area contributed by atoms with Gasteiger partial charge in [0.2, 0.25) is 4.96 Å². The van der Waals surface area contributed by atoms with Crippen LogP contribution < -0.4 is 10.3 Å². The highest BCUT2D eigenvalue weighted by atomic mass is 32.1. The van der Waals surface area contributed by atoms with Crippen molar-refractivity contribution < 1.29 is 4.74 Å². The van der Waals surface area contributed by atoms with Crippen LogP contribution in [-0.4, -0.2) is 14.6 Å². The van der Waals surface area contributed by atoms with Gasteiger partial charge in [-0.15, -0.1) is 0 Å². The van der Waals surface area contributed by atoms with Crippen molar-refractivity contribution in [3.63, 3.8) is 0 Å². The van der Waals surface area contributed by atoms with E-state index in [1.54, 1.807) is 6.07 Å². The van der Waals surface area contributed by atoms with Crippen LogP contribution in [0.2, 0.25) is 0 Å². The van der Waals surface area contributed by atoms with Crippen LogP contribution in [0.3, 0.4) is 0 Å². The molecular formula is C17H13N3O2S. The van der Waals surface area contributed by atoms with Gasteiger partial charge in [-0.2, -0.15) is 9.61 Å². The molecule has 5 nitrogen and oxygen atoms in total. The lowest BCUT2D eigenvalue weighted by molar-refractivity contribution is 0.225.